The lowest BCUT2D eigenvalue weighted by molar-refractivity contribution is -0.124. The Hall–Kier alpha value is -3.49. The summed E-state index contributed by atoms with van der Waals surface area (Å²) in [5.41, 5.74) is 1.91. The van der Waals surface area contributed by atoms with Crippen molar-refractivity contribution in [3.05, 3.63) is 89.2 Å². The van der Waals surface area contributed by atoms with Gasteiger partial charge in [0, 0.05) is 17.3 Å². The number of anilines is 2. The number of carbonyl (C=O) groups is 2. The number of amides is 2. The van der Waals surface area contributed by atoms with Gasteiger partial charge in [-0.2, -0.15) is 0 Å². The standard InChI is InChI=1S/C25H21ClFN3O3S/c1-33-21-12-10-20(11-13-21)30-24(32)22(14-23(31)28-19-8-6-18(27)7-9-19)29(25(30)34)15-16-2-4-17(26)5-3-16/h2-13,22H,14-15H2,1H3,(H,28,31)/t22-/m1/s1. The summed E-state index contributed by atoms with van der Waals surface area (Å²) in [4.78, 5) is 29.4. The number of benzene rings is 3. The Morgan fingerprint density at radius 3 is 2.32 bits per heavy atom. The third kappa shape index (κ3) is 5.18. The molecule has 1 atom stereocenters. The molecule has 1 saturated heterocycles. The highest BCUT2D eigenvalue weighted by molar-refractivity contribution is 7.80. The minimum absolute atomic E-state index is 0.128. The first-order valence-electron chi connectivity index (χ1n) is 10.4. The van der Waals surface area contributed by atoms with Gasteiger partial charge in [0.05, 0.1) is 19.2 Å². The molecule has 174 valence electrons. The zero-order valence-electron chi connectivity index (χ0n) is 18.2. The van der Waals surface area contributed by atoms with Gasteiger partial charge in [0.2, 0.25) is 5.91 Å². The molecule has 6 nitrogen and oxygen atoms in total. The van der Waals surface area contributed by atoms with Crippen LogP contribution in [0.2, 0.25) is 5.02 Å². The smallest absolute Gasteiger partial charge is 0.256 e. The van der Waals surface area contributed by atoms with E-state index >= 15 is 0 Å². The Labute approximate surface area is 206 Å². The van der Waals surface area contributed by atoms with Gasteiger partial charge in [0.25, 0.3) is 5.91 Å². The first-order valence-corrected chi connectivity index (χ1v) is 11.2. The van der Waals surface area contributed by atoms with Gasteiger partial charge in [0.1, 0.15) is 17.6 Å². The first-order chi connectivity index (χ1) is 16.4. The van der Waals surface area contributed by atoms with Crippen molar-refractivity contribution in [2.75, 3.05) is 17.3 Å². The monoisotopic (exact) mass is 497 g/mol. The number of nitrogens with one attached hydrogen (secondary N) is 1. The van der Waals surface area contributed by atoms with Crippen LogP contribution in [0.5, 0.6) is 5.75 Å². The molecule has 0 spiro atoms. The molecule has 0 saturated carbocycles. The molecule has 1 fully saturated rings. The van der Waals surface area contributed by atoms with E-state index in [2.05, 4.69) is 5.32 Å². The average Bonchev–Trinajstić information content (AvgIpc) is 3.06. The van der Waals surface area contributed by atoms with Crippen LogP contribution in [0.15, 0.2) is 72.8 Å². The Balaban J connectivity index is 1.59. The van der Waals surface area contributed by atoms with Crippen LogP contribution in [0.3, 0.4) is 0 Å². The summed E-state index contributed by atoms with van der Waals surface area (Å²) in [7, 11) is 1.56. The summed E-state index contributed by atoms with van der Waals surface area (Å²) in [6.45, 7) is 0.322. The number of thiocarbonyl (C=S) groups is 1. The zero-order valence-corrected chi connectivity index (χ0v) is 19.8. The van der Waals surface area contributed by atoms with Crippen molar-refractivity contribution in [2.45, 2.75) is 19.0 Å². The Kier molecular flexibility index (Phi) is 7.09. The van der Waals surface area contributed by atoms with Gasteiger partial charge in [0.15, 0.2) is 5.11 Å². The van der Waals surface area contributed by atoms with E-state index in [1.165, 1.54) is 29.2 Å². The highest BCUT2D eigenvalue weighted by atomic mass is 35.5. The molecule has 1 heterocycles. The summed E-state index contributed by atoms with van der Waals surface area (Å²) in [6, 6.07) is 18.8. The molecule has 0 aromatic heterocycles. The molecule has 2 amide bonds. The van der Waals surface area contributed by atoms with Crippen molar-refractivity contribution in [3.63, 3.8) is 0 Å². The van der Waals surface area contributed by atoms with Crippen molar-refractivity contribution < 1.29 is 18.7 Å². The predicted octanol–water partition coefficient (Wildman–Crippen LogP) is 5.02. The van der Waals surface area contributed by atoms with Crippen LogP contribution in [0.4, 0.5) is 15.8 Å². The summed E-state index contributed by atoms with van der Waals surface area (Å²) < 4.78 is 18.4. The van der Waals surface area contributed by atoms with E-state index < -0.39 is 11.9 Å². The van der Waals surface area contributed by atoms with E-state index in [1.54, 1.807) is 48.4 Å². The van der Waals surface area contributed by atoms with Crippen molar-refractivity contribution in [3.8, 4) is 5.75 Å². The zero-order chi connectivity index (χ0) is 24.2. The number of ether oxygens (including phenoxy) is 1. The van der Waals surface area contributed by atoms with Crippen molar-refractivity contribution in [1.29, 1.82) is 0 Å². The van der Waals surface area contributed by atoms with Gasteiger partial charge < -0.3 is 15.0 Å². The maximum atomic E-state index is 13.5. The van der Waals surface area contributed by atoms with E-state index in [-0.39, 0.29) is 18.2 Å². The third-order valence-corrected chi connectivity index (χ3v) is 6.09. The molecular weight excluding hydrogens is 477 g/mol. The fourth-order valence-electron chi connectivity index (χ4n) is 3.69. The molecular formula is C25H21ClFN3O3S. The largest absolute Gasteiger partial charge is 0.497 e. The predicted molar refractivity (Wildman–Crippen MR) is 134 cm³/mol. The van der Waals surface area contributed by atoms with Gasteiger partial charge in [-0.25, -0.2) is 4.39 Å². The van der Waals surface area contributed by atoms with Crippen LogP contribution < -0.4 is 15.0 Å². The van der Waals surface area contributed by atoms with E-state index in [0.717, 1.165) is 5.56 Å². The lowest BCUT2D eigenvalue weighted by atomic mass is 10.1. The van der Waals surface area contributed by atoms with E-state index in [9.17, 15) is 14.0 Å². The Bertz CT molecular complexity index is 1200. The number of nitrogens with zero attached hydrogens (tertiary/aromatic N) is 2. The highest BCUT2D eigenvalue weighted by Gasteiger charge is 2.44. The Morgan fingerprint density at radius 1 is 1.06 bits per heavy atom. The van der Waals surface area contributed by atoms with Crippen LogP contribution in [0, 0.1) is 5.82 Å². The Morgan fingerprint density at radius 2 is 1.71 bits per heavy atom. The van der Waals surface area contributed by atoms with Gasteiger partial charge in [-0.1, -0.05) is 23.7 Å². The van der Waals surface area contributed by atoms with E-state index in [0.29, 0.717) is 33.8 Å². The maximum Gasteiger partial charge on any atom is 0.256 e. The van der Waals surface area contributed by atoms with Crippen LogP contribution in [-0.4, -0.2) is 35.0 Å². The molecule has 9 heteroatoms. The topological polar surface area (TPSA) is 61.9 Å². The number of rotatable bonds is 7. The second-order valence-electron chi connectivity index (χ2n) is 7.68. The van der Waals surface area contributed by atoms with E-state index in [4.69, 9.17) is 28.6 Å². The van der Waals surface area contributed by atoms with Gasteiger partial charge in [-0.15, -0.1) is 0 Å². The normalized spacial score (nSPS) is 15.6. The molecule has 0 radical (unpaired) electrons. The molecule has 3 aromatic rings. The van der Waals surface area contributed by atoms with E-state index in [1.807, 2.05) is 12.1 Å². The van der Waals surface area contributed by atoms with Gasteiger partial charge in [-0.05, 0) is 78.4 Å². The maximum absolute atomic E-state index is 13.5. The second kappa shape index (κ2) is 10.2. The number of methoxy groups -OCH3 is 1. The van der Waals surface area contributed by atoms with Gasteiger partial charge in [-0.3, -0.25) is 14.5 Å². The molecule has 34 heavy (non-hydrogen) atoms. The number of carbonyl (C=O) groups excluding carboxylic acids is 2. The number of halogens is 2. The minimum atomic E-state index is -0.814. The molecule has 1 aliphatic heterocycles. The molecule has 0 unspecified atom stereocenters. The van der Waals surface area contributed by atoms with Crippen molar-refractivity contribution >= 4 is 52.1 Å². The number of hydrogen-bond donors (Lipinski definition) is 1. The molecule has 3 aromatic carbocycles. The SMILES string of the molecule is COc1ccc(N2C(=O)[C@@H](CC(=O)Nc3ccc(F)cc3)N(Cc3ccc(Cl)cc3)C2=S)cc1. The lowest BCUT2D eigenvalue weighted by Crippen LogP contribution is -2.37. The van der Waals surface area contributed by atoms with Crippen LogP contribution >= 0.6 is 23.8 Å². The van der Waals surface area contributed by atoms with Gasteiger partial charge >= 0.3 is 0 Å². The first kappa shape index (κ1) is 23.7. The van der Waals surface area contributed by atoms with Crippen molar-refractivity contribution in [2.24, 2.45) is 0 Å². The van der Waals surface area contributed by atoms with Crippen LogP contribution in [0.1, 0.15) is 12.0 Å². The molecule has 0 bridgehead atoms. The fraction of sp³-hybridized carbons (Fsp3) is 0.160. The molecule has 4 rings (SSSR count). The summed E-state index contributed by atoms with van der Waals surface area (Å²) in [6.07, 6.45) is -0.128. The van der Waals surface area contributed by atoms with Crippen LogP contribution in [0.25, 0.3) is 0 Å². The third-order valence-electron chi connectivity index (χ3n) is 5.42. The summed E-state index contributed by atoms with van der Waals surface area (Å²) in [5.74, 6) is -0.447. The quantitative estimate of drug-likeness (QED) is 0.464. The summed E-state index contributed by atoms with van der Waals surface area (Å²) in [5, 5.41) is 3.60. The molecule has 1 aliphatic rings. The molecule has 0 aliphatic carbocycles. The number of hydrogen-bond acceptors (Lipinski definition) is 4. The van der Waals surface area contributed by atoms with Crippen molar-refractivity contribution in [1.82, 2.24) is 4.90 Å². The second-order valence-corrected chi connectivity index (χ2v) is 8.49. The summed E-state index contributed by atoms with van der Waals surface area (Å²) >= 11 is 11.7. The van der Waals surface area contributed by atoms with Crippen LogP contribution in [-0.2, 0) is 16.1 Å². The minimum Gasteiger partial charge on any atom is -0.497 e. The average molecular weight is 498 g/mol. The lowest BCUT2D eigenvalue weighted by Gasteiger charge is -2.24. The highest BCUT2D eigenvalue weighted by Crippen LogP contribution is 2.30. The molecule has 1 N–H and O–H groups in total. The fourth-order valence-corrected chi connectivity index (χ4v) is 4.20.